The number of nitrogens with one attached hydrogen (secondary N) is 4. The van der Waals surface area contributed by atoms with E-state index in [2.05, 4.69) is 33.1 Å². The Morgan fingerprint density at radius 1 is 1.23 bits per heavy atom. The molecule has 1 spiro atoms. The van der Waals surface area contributed by atoms with Crippen molar-refractivity contribution in [3.05, 3.63) is 0 Å². The highest BCUT2D eigenvalue weighted by molar-refractivity contribution is 5.78. The van der Waals surface area contributed by atoms with Crippen LogP contribution in [-0.4, -0.2) is 99.0 Å². The molecule has 222 valence electrons. The van der Waals surface area contributed by atoms with E-state index in [1.807, 2.05) is 0 Å². The number of aliphatic hydroxyl groups excluding tert-OH is 1. The molecule has 9 nitrogen and oxygen atoms in total. The lowest BCUT2D eigenvalue weighted by molar-refractivity contribution is -0.127. The summed E-state index contributed by atoms with van der Waals surface area (Å²) in [5.74, 6) is 2.07. The number of carbonyl (C=O) groups is 1. The molecule has 3 saturated carbocycles. The molecule has 0 bridgehead atoms. The summed E-state index contributed by atoms with van der Waals surface area (Å²) >= 11 is 0. The molecule has 9 heteroatoms. The number of carbonyl (C=O) groups excluding carboxylic acids is 1. The van der Waals surface area contributed by atoms with Gasteiger partial charge in [-0.3, -0.25) is 15.4 Å². The standard InChI is InChI=1S/C30H53N5O4/c1-20-26-6-10-35(16-22(26)3-4-27(20)38-18-25-15-31-19-39-25)17-24(36)14-33-29(37)21-5-9-32-28(11-21)34-23-12-30(13-23)7-2-8-30/h20-28,31-32,34,36H,2-19H2,1H3,(H,33,37)/t20?,21?,22?,24-,25?,26?,27?,28?/m0/s1. The molecule has 0 aromatic carbocycles. The Hall–Kier alpha value is -0.810. The number of ether oxygens (including phenoxy) is 2. The number of hydrogen-bond acceptors (Lipinski definition) is 8. The van der Waals surface area contributed by atoms with E-state index in [0.29, 0.717) is 61.7 Å². The number of amides is 1. The van der Waals surface area contributed by atoms with Crippen LogP contribution < -0.4 is 21.3 Å². The summed E-state index contributed by atoms with van der Waals surface area (Å²) in [5.41, 5.74) is 0.670. The summed E-state index contributed by atoms with van der Waals surface area (Å²) in [6.45, 7) is 8.53. The first kappa shape index (κ1) is 28.3. The molecule has 0 aromatic rings. The van der Waals surface area contributed by atoms with E-state index in [9.17, 15) is 9.90 Å². The number of rotatable bonds is 10. The van der Waals surface area contributed by atoms with Gasteiger partial charge in [-0.25, -0.2) is 0 Å². The first-order valence-electron chi connectivity index (χ1n) is 16.1. The van der Waals surface area contributed by atoms with Gasteiger partial charge >= 0.3 is 0 Å². The number of likely N-dealkylation sites (tertiary alicyclic amines) is 1. The third kappa shape index (κ3) is 6.82. The van der Waals surface area contributed by atoms with Gasteiger partial charge in [-0.05, 0) is 94.0 Å². The van der Waals surface area contributed by atoms with Gasteiger partial charge in [0.1, 0.15) is 0 Å². The van der Waals surface area contributed by atoms with Crippen molar-refractivity contribution in [2.45, 2.75) is 102 Å². The fourth-order valence-electron chi connectivity index (χ4n) is 8.72. The van der Waals surface area contributed by atoms with Crippen molar-refractivity contribution in [1.82, 2.24) is 26.2 Å². The zero-order valence-corrected chi connectivity index (χ0v) is 24.0. The number of nitrogens with zero attached hydrogens (tertiary/aromatic N) is 1. The first-order chi connectivity index (χ1) is 19.0. The summed E-state index contributed by atoms with van der Waals surface area (Å²) in [4.78, 5) is 15.4. The lowest BCUT2D eigenvalue weighted by atomic mass is 9.54. The van der Waals surface area contributed by atoms with E-state index >= 15 is 0 Å². The van der Waals surface area contributed by atoms with Gasteiger partial charge in [0.25, 0.3) is 0 Å². The van der Waals surface area contributed by atoms with E-state index in [4.69, 9.17) is 9.47 Å². The molecule has 3 saturated heterocycles. The van der Waals surface area contributed by atoms with E-state index in [-0.39, 0.29) is 24.1 Å². The molecular weight excluding hydrogens is 494 g/mol. The molecule has 7 unspecified atom stereocenters. The smallest absolute Gasteiger partial charge is 0.223 e. The van der Waals surface area contributed by atoms with Crippen LogP contribution in [0.15, 0.2) is 0 Å². The van der Waals surface area contributed by atoms with Crippen molar-refractivity contribution in [2.75, 3.05) is 52.6 Å². The van der Waals surface area contributed by atoms with Crippen LogP contribution in [0.4, 0.5) is 0 Å². The van der Waals surface area contributed by atoms with Crippen LogP contribution in [0, 0.1) is 29.1 Å². The van der Waals surface area contributed by atoms with Crippen LogP contribution in [0.3, 0.4) is 0 Å². The van der Waals surface area contributed by atoms with E-state index in [1.54, 1.807) is 0 Å². The van der Waals surface area contributed by atoms with Crippen molar-refractivity contribution in [3.63, 3.8) is 0 Å². The van der Waals surface area contributed by atoms with Crippen molar-refractivity contribution in [2.24, 2.45) is 29.1 Å². The minimum Gasteiger partial charge on any atom is -0.390 e. The van der Waals surface area contributed by atoms with Gasteiger partial charge in [0.15, 0.2) is 0 Å². The highest BCUT2D eigenvalue weighted by atomic mass is 16.5. The molecule has 8 atom stereocenters. The highest BCUT2D eigenvalue weighted by Crippen LogP contribution is 2.55. The normalized spacial score (nSPS) is 39.5. The quantitative estimate of drug-likeness (QED) is 0.280. The van der Waals surface area contributed by atoms with E-state index < -0.39 is 6.10 Å². The van der Waals surface area contributed by atoms with Crippen LogP contribution in [0.2, 0.25) is 0 Å². The van der Waals surface area contributed by atoms with Gasteiger partial charge < -0.3 is 30.1 Å². The molecule has 3 aliphatic heterocycles. The van der Waals surface area contributed by atoms with Gasteiger partial charge in [0.05, 0.1) is 37.8 Å². The lowest BCUT2D eigenvalue weighted by Gasteiger charge is -2.55. The second kappa shape index (κ2) is 12.6. The molecule has 5 N–H and O–H groups in total. The zero-order chi connectivity index (χ0) is 26.8. The molecule has 0 aromatic heterocycles. The minimum absolute atomic E-state index is 0.0276. The predicted octanol–water partition coefficient (Wildman–Crippen LogP) is 1.41. The second-order valence-electron chi connectivity index (χ2n) is 13.9. The Kier molecular flexibility index (Phi) is 9.14. The number of piperidine rings is 2. The van der Waals surface area contributed by atoms with Gasteiger partial charge in [0.2, 0.25) is 5.91 Å². The Balaban J connectivity index is 0.873. The molecule has 3 aliphatic carbocycles. The predicted molar refractivity (Wildman–Crippen MR) is 150 cm³/mol. The summed E-state index contributed by atoms with van der Waals surface area (Å²) in [7, 11) is 0. The molecule has 6 aliphatic rings. The summed E-state index contributed by atoms with van der Waals surface area (Å²) in [6, 6.07) is 0.616. The molecule has 3 heterocycles. The first-order valence-corrected chi connectivity index (χ1v) is 16.1. The van der Waals surface area contributed by atoms with E-state index in [0.717, 1.165) is 51.9 Å². The summed E-state index contributed by atoms with van der Waals surface area (Å²) in [6.07, 6.45) is 12.3. The van der Waals surface area contributed by atoms with Gasteiger partial charge in [0, 0.05) is 38.1 Å². The lowest BCUT2D eigenvalue weighted by Crippen LogP contribution is -2.59. The average Bonchev–Trinajstić information content (AvgIpc) is 3.41. The zero-order valence-electron chi connectivity index (χ0n) is 24.0. The second-order valence-corrected chi connectivity index (χ2v) is 13.9. The third-order valence-corrected chi connectivity index (χ3v) is 11.2. The molecule has 6 rings (SSSR count). The monoisotopic (exact) mass is 547 g/mol. The fraction of sp³-hybridized carbons (Fsp3) is 0.967. The topological polar surface area (TPSA) is 107 Å². The van der Waals surface area contributed by atoms with Gasteiger partial charge in [-0.2, -0.15) is 0 Å². The number of aliphatic hydroxyl groups is 1. The van der Waals surface area contributed by atoms with Crippen LogP contribution >= 0.6 is 0 Å². The van der Waals surface area contributed by atoms with Crippen molar-refractivity contribution in [3.8, 4) is 0 Å². The Labute approximate surface area is 234 Å². The maximum atomic E-state index is 12.9. The largest absolute Gasteiger partial charge is 0.390 e. The summed E-state index contributed by atoms with van der Waals surface area (Å²) < 4.78 is 12.0. The Bertz CT molecular complexity index is 813. The van der Waals surface area contributed by atoms with Crippen molar-refractivity contribution in [1.29, 1.82) is 0 Å². The average molecular weight is 548 g/mol. The number of hydrogen-bond donors (Lipinski definition) is 5. The highest BCUT2D eigenvalue weighted by Gasteiger charge is 2.48. The Morgan fingerprint density at radius 2 is 2.10 bits per heavy atom. The molecule has 39 heavy (non-hydrogen) atoms. The fourth-order valence-corrected chi connectivity index (χ4v) is 8.72. The molecule has 0 radical (unpaired) electrons. The molecule has 1 amide bonds. The SMILES string of the molecule is CC1C(OCC2CNCO2)CCC2CN(C[C@@H](O)CNC(=O)C3CCNC(NC4CC5(CCC5)C4)C3)CCC21. The van der Waals surface area contributed by atoms with Crippen LogP contribution in [0.5, 0.6) is 0 Å². The van der Waals surface area contributed by atoms with Crippen LogP contribution in [0.25, 0.3) is 0 Å². The molecular formula is C30H53N5O4. The van der Waals surface area contributed by atoms with Gasteiger partial charge in [-0.1, -0.05) is 13.3 Å². The minimum atomic E-state index is -0.521. The van der Waals surface area contributed by atoms with Crippen molar-refractivity contribution >= 4 is 5.91 Å². The molecule has 6 fully saturated rings. The van der Waals surface area contributed by atoms with Crippen LogP contribution in [-0.2, 0) is 14.3 Å². The maximum Gasteiger partial charge on any atom is 0.223 e. The number of fused-ring (bicyclic) bond motifs is 1. The van der Waals surface area contributed by atoms with E-state index in [1.165, 1.54) is 38.5 Å². The number of β-amino-alcohol motifs (C(OH)–C–C–N with tert-alkyl or cyclic N) is 1. The summed E-state index contributed by atoms with van der Waals surface area (Å²) in [5, 5.41) is 24.4. The third-order valence-electron chi connectivity index (χ3n) is 11.2. The van der Waals surface area contributed by atoms with Crippen molar-refractivity contribution < 1.29 is 19.4 Å². The van der Waals surface area contributed by atoms with Crippen LogP contribution in [0.1, 0.15) is 71.1 Å². The Morgan fingerprint density at radius 3 is 2.87 bits per heavy atom. The van der Waals surface area contributed by atoms with Gasteiger partial charge in [-0.15, -0.1) is 0 Å². The maximum absolute atomic E-state index is 12.9.